The number of phenols is 1. The van der Waals surface area contributed by atoms with Gasteiger partial charge in [0, 0.05) is 40.6 Å². The van der Waals surface area contributed by atoms with Crippen LogP contribution in [0.1, 0.15) is 27.1 Å². The van der Waals surface area contributed by atoms with E-state index in [4.69, 9.17) is 11.5 Å². The third-order valence-electron chi connectivity index (χ3n) is 3.48. The van der Waals surface area contributed by atoms with E-state index in [-0.39, 0.29) is 40.1 Å². The van der Waals surface area contributed by atoms with E-state index in [1.807, 2.05) is 0 Å². The fraction of sp³-hybridized carbons (Fsp3) is 0.143. The van der Waals surface area contributed by atoms with Crippen LogP contribution < -0.4 is 11.5 Å². The molecule has 3 rings (SSSR count). The number of aliphatic hydroxyl groups excluding tert-OH is 1. The number of carbonyl (C=O) groups is 2. The molecule has 1 unspecified atom stereocenters. The topological polar surface area (TPSA) is 127 Å². The Hall–Kier alpha value is -2.60. The number of allylic oxidation sites excluding steroid dienone is 2. The SMILES string of the molecule is NC1=CC2=C(C(=O)c3c(O)cc(N)cc3C2=O)C(O)C1. The van der Waals surface area contributed by atoms with Crippen molar-refractivity contribution >= 4 is 17.3 Å². The molecular weight excluding hydrogens is 260 g/mol. The zero-order valence-corrected chi connectivity index (χ0v) is 10.4. The summed E-state index contributed by atoms with van der Waals surface area (Å²) in [6, 6.07) is 2.54. The highest BCUT2D eigenvalue weighted by Gasteiger charge is 2.38. The van der Waals surface area contributed by atoms with E-state index in [1.165, 1.54) is 18.2 Å². The summed E-state index contributed by atoms with van der Waals surface area (Å²) in [5.41, 5.74) is 11.7. The fourth-order valence-corrected chi connectivity index (χ4v) is 2.63. The van der Waals surface area contributed by atoms with E-state index in [0.29, 0.717) is 5.70 Å². The minimum atomic E-state index is -1.14. The highest BCUT2D eigenvalue weighted by atomic mass is 16.3. The molecule has 0 aromatic heterocycles. The molecular formula is C14H12N2O4. The number of anilines is 1. The Kier molecular flexibility index (Phi) is 2.45. The van der Waals surface area contributed by atoms with Crippen LogP contribution in [-0.2, 0) is 0 Å². The second kappa shape index (κ2) is 3.94. The molecule has 1 aromatic rings. The van der Waals surface area contributed by atoms with Crippen LogP contribution in [0.3, 0.4) is 0 Å². The molecule has 6 nitrogen and oxygen atoms in total. The number of phenolic OH excluding ortho intramolecular Hbond substituents is 1. The number of aromatic hydroxyl groups is 1. The van der Waals surface area contributed by atoms with Crippen LogP contribution in [-0.4, -0.2) is 27.9 Å². The van der Waals surface area contributed by atoms with Crippen LogP contribution in [0.2, 0.25) is 0 Å². The van der Waals surface area contributed by atoms with Gasteiger partial charge in [-0.25, -0.2) is 0 Å². The van der Waals surface area contributed by atoms with E-state index in [1.54, 1.807) is 0 Å². The van der Waals surface area contributed by atoms with Crippen LogP contribution in [0.15, 0.2) is 35.1 Å². The quantitative estimate of drug-likeness (QED) is 0.502. The lowest BCUT2D eigenvalue weighted by Gasteiger charge is -2.27. The maximum absolute atomic E-state index is 12.4. The largest absolute Gasteiger partial charge is 0.507 e. The number of rotatable bonds is 0. The Morgan fingerprint density at radius 1 is 1.15 bits per heavy atom. The van der Waals surface area contributed by atoms with Crippen LogP contribution in [0.5, 0.6) is 5.75 Å². The van der Waals surface area contributed by atoms with Gasteiger partial charge in [0.15, 0.2) is 11.6 Å². The fourth-order valence-electron chi connectivity index (χ4n) is 2.63. The van der Waals surface area contributed by atoms with Gasteiger partial charge in [-0.15, -0.1) is 0 Å². The van der Waals surface area contributed by atoms with E-state index < -0.39 is 17.7 Å². The number of hydrogen-bond donors (Lipinski definition) is 4. The van der Waals surface area contributed by atoms with E-state index >= 15 is 0 Å². The van der Waals surface area contributed by atoms with Crippen molar-refractivity contribution < 1.29 is 19.8 Å². The van der Waals surface area contributed by atoms with Gasteiger partial charge >= 0.3 is 0 Å². The molecule has 0 aliphatic heterocycles. The average molecular weight is 272 g/mol. The molecule has 0 saturated carbocycles. The lowest BCUT2D eigenvalue weighted by Crippen LogP contribution is -2.32. The van der Waals surface area contributed by atoms with Gasteiger partial charge in [0.2, 0.25) is 0 Å². The second-order valence-electron chi connectivity index (χ2n) is 4.89. The number of hydrogen-bond acceptors (Lipinski definition) is 6. The maximum Gasteiger partial charge on any atom is 0.196 e. The number of fused-ring (bicyclic) bond motifs is 1. The number of Topliss-reactive ketones (excluding diaryl/α,β-unsaturated/α-hetero) is 2. The van der Waals surface area contributed by atoms with Crippen LogP contribution >= 0.6 is 0 Å². The van der Waals surface area contributed by atoms with Crippen molar-refractivity contribution in [2.75, 3.05) is 5.73 Å². The summed E-state index contributed by atoms with van der Waals surface area (Å²) in [6.07, 6.45) is 0.338. The average Bonchev–Trinajstić information content (AvgIpc) is 2.34. The molecule has 0 radical (unpaired) electrons. The monoisotopic (exact) mass is 272 g/mol. The first-order valence-corrected chi connectivity index (χ1v) is 6.00. The normalized spacial score (nSPS) is 21.4. The first kappa shape index (κ1) is 12.4. The van der Waals surface area contributed by atoms with Crippen molar-refractivity contribution in [3.63, 3.8) is 0 Å². The van der Waals surface area contributed by atoms with Gasteiger partial charge in [0.25, 0.3) is 0 Å². The summed E-state index contributed by atoms with van der Waals surface area (Å²) in [7, 11) is 0. The molecule has 0 spiro atoms. The third kappa shape index (κ3) is 1.55. The standard InChI is InChI=1S/C14H12N2O4/c15-5-1-7-11(9(17)3-5)14(20)12-8(13(7)19)2-6(16)4-10(12)18/h1-3,10,17-18H,4,15-16H2. The van der Waals surface area contributed by atoms with Gasteiger partial charge in [0.1, 0.15) is 5.75 Å². The van der Waals surface area contributed by atoms with E-state index in [9.17, 15) is 19.8 Å². The van der Waals surface area contributed by atoms with Crippen molar-refractivity contribution in [1.82, 2.24) is 0 Å². The molecule has 6 heteroatoms. The predicted molar refractivity (Wildman–Crippen MR) is 71.1 cm³/mol. The first-order chi connectivity index (χ1) is 9.40. The Bertz CT molecular complexity index is 731. The minimum absolute atomic E-state index is 0.0169. The molecule has 0 fully saturated rings. The number of benzene rings is 1. The summed E-state index contributed by atoms with van der Waals surface area (Å²) in [6.45, 7) is 0. The van der Waals surface area contributed by atoms with Crippen molar-refractivity contribution in [1.29, 1.82) is 0 Å². The molecule has 102 valence electrons. The summed E-state index contributed by atoms with van der Waals surface area (Å²) in [4.78, 5) is 24.8. The van der Waals surface area contributed by atoms with Gasteiger partial charge in [-0.2, -0.15) is 0 Å². The Balaban J connectivity index is 2.31. The molecule has 2 aliphatic rings. The maximum atomic E-state index is 12.4. The summed E-state index contributed by atoms with van der Waals surface area (Å²) in [5.74, 6) is -1.40. The number of ketones is 2. The van der Waals surface area contributed by atoms with Crippen molar-refractivity contribution in [2.45, 2.75) is 12.5 Å². The highest BCUT2D eigenvalue weighted by Crippen LogP contribution is 2.38. The predicted octanol–water partition coefficient (Wildman–Crippen LogP) is 0.257. The Morgan fingerprint density at radius 2 is 1.85 bits per heavy atom. The molecule has 1 atom stereocenters. The van der Waals surface area contributed by atoms with Crippen LogP contribution in [0.25, 0.3) is 0 Å². The van der Waals surface area contributed by atoms with E-state index in [2.05, 4.69) is 0 Å². The molecule has 0 amide bonds. The number of nitrogen functional groups attached to an aromatic ring is 1. The van der Waals surface area contributed by atoms with Crippen molar-refractivity contribution in [3.8, 4) is 5.75 Å². The summed E-state index contributed by atoms with van der Waals surface area (Å²) in [5, 5.41) is 19.8. The number of nitrogens with two attached hydrogens (primary N) is 2. The smallest absolute Gasteiger partial charge is 0.196 e. The van der Waals surface area contributed by atoms with Gasteiger partial charge < -0.3 is 21.7 Å². The van der Waals surface area contributed by atoms with E-state index in [0.717, 1.165) is 0 Å². The molecule has 0 saturated heterocycles. The van der Waals surface area contributed by atoms with Gasteiger partial charge in [-0.1, -0.05) is 0 Å². The molecule has 0 heterocycles. The van der Waals surface area contributed by atoms with Crippen molar-refractivity contribution in [3.05, 3.63) is 46.2 Å². The molecule has 0 bridgehead atoms. The lowest BCUT2D eigenvalue weighted by atomic mass is 9.77. The van der Waals surface area contributed by atoms with Crippen LogP contribution in [0.4, 0.5) is 5.69 Å². The molecule has 1 aromatic carbocycles. The number of carbonyl (C=O) groups excluding carboxylic acids is 2. The van der Waals surface area contributed by atoms with Gasteiger partial charge in [-0.3, -0.25) is 9.59 Å². The molecule has 20 heavy (non-hydrogen) atoms. The van der Waals surface area contributed by atoms with Gasteiger partial charge in [0.05, 0.1) is 11.7 Å². The molecule has 2 aliphatic carbocycles. The second-order valence-corrected chi connectivity index (χ2v) is 4.89. The third-order valence-corrected chi connectivity index (χ3v) is 3.48. The Morgan fingerprint density at radius 3 is 2.55 bits per heavy atom. The zero-order valence-electron chi connectivity index (χ0n) is 10.4. The van der Waals surface area contributed by atoms with Crippen molar-refractivity contribution in [2.24, 2.45) is 5.73 Å². The lowest BCUT2D eigenvalue weighted by molar-refractivity contribution is 0.0933. The van der Waals surface area contributed by atoms with Crippen LogP contribution in [0, 0.1) is 0 Å². The first-order valence-electron chi connectivity index (χ1n) is 6.00. The minimum Gasteiger partial charge on any atom is -0.507 e. The highest BCUT2D eigenvalue weighted by molar-refractivity contribution is 6.29. The summed E-state index contributed by atoms with van der Waals surface area (Å²) < 4.78 is 0. The Labute approximate surface area is 114 Å². The number of aliphatic hydroxyl groups is 1. The van der Waals surface area contributed by atoms with Gasteiger partial charge in [-0.05, 0) is 12.1 Å². The summed E-state index contributed by atoms with van der Waals surface area (Å²) >= 11 is 0. The molecule has 6 N–H and O–H groups in total. The zero-order chi connectivity index (χ0) is 14.6.